The number of rotatable bonds is 2. The third kappa shape index (κ3) is 3.15. The van der Waals surface area contributed by atoms with E-state index >= 15 is 0 Å². The smallest absolute Gasteiger partial charge is 0.243 e. The van der Waals surface area contributed by atoms with E-state index in [2.05, 4.69) is 21.2 Å². The molecule has 1 aromatic rings. The van der Waals surface area contributed by atoms with Gasteiger partial charge in [-0.15, -0.1) is 12.4 Å². The summed E-state index contributed by atoms with van der Waals surface area (Å²) in [4.78, 5) is 0.414. The van der Waals surface area contributed by atoms with Crippen molar-refractivity contribution in [2.45, 2.75) is 43.2 Å². The minimum absolute atomic E-state index is 0. The van der Waals surface area contributed by atoms with Gasteiger partial charge >= 0.3 is 0 Å². The van der Waals surface area contributed by atoms with Crippen LogP contribution in [0.1, 0.15) is 24.8 Å². The van der Waals surface area contributed by atoms with Gasteiger partial charge in [-0.25, -0.2) is 8.42 Å². The molecule has 4 nitrogen and oxygen atoms in total. The molecule has 0 aromatic heterocycles. The molecule has 21 heavy (non-hydrogen) atoms. The molecule has 0 amide bonds. The number of benzene rings is 1. The van der Waals surface area contributed by atoms with Crippen LogP contribution in [-0.2, 0) is 10.0 Å². The summed E-state index contributed by atoms with van der Waals surface area (Å²) in [7, 11) is -3.39. The van der Waals surface area contributed by atoms with Crippen molar-refractivity contribution in [3.63, 3.8) is 0 Å². The first-order valence-corrected chi connectivity index (χ1v) is 9.24. The van der Waals surface area contributed by atoms with Gasteiger partial charge in [0.1, 0.15) is 0 Å². The Morgan fingerprint density at radius 1 is 1.24 bits per heavy atom. The molecule has 2 heterocycles. The lowest BCUT2D eigenvalue weighted by molar-refractivity contribution is 0.334. The van der Waals surface area contributed by atoms with Crippen molar-refractivity contribution < 1.29 is 8.42 Å². The van der Waals surface area contributed by atoms with Gasteiger partial charge in [-0.05, 0) is 56.5 Å². The molecular formula is C14H20BrClN2O2S. The van der Waals surface area contributed by atoms with Crippen LogP contribution in [0.2, 0.25) is 0 Å². The minimum atomic E-state index is -3.39. The van der Waals surface area contributed by atoms with E-state index in [-0.39, 0.29) is 24.5 Å². The predicted molar refractivity (Wildman–Crippen MR) is 89.4 cm³/mol. The largest absolute Gasteiger partial charge is 0.315 e. The van der Waals surface area contributed by atoms with E-state index < -0.39 is 10.0 Å². The first-order valence-electron chi connectivity index (χ1n) is 7.00. The predicted octanol–water partition coefficient (Wildman–Crippen LogP) is 2.69. The summed E-state index contributed by atoms with van der Waals surface area (Å²) >= 11 is 3.42. The Morgan fingerprint density at radius 3 is 2.67 bits per heavy atom. The maximum Gasteiger partial charge on any atom is 0.243 e. The van der Waals surface area contributed by atoms with Gasteiger partial charge in [-0.1, -0.05) is 15.9 Å². The zero-order chi connectivity index (χ0) is 14.3. The lowest BCUT2D eigenvalue weighted by Crippen LogP contribution is -2.42. The van der Waals surface area contributed by atoms with E-state index in [9.17, 15) is 8.42 Å². The molecule has 2 aliphatic heterocycles. The van der Waals surface area contributed by atoms with E-state index in [0.29, 0.717) is 4.90 Å². The average molecular weight is 396 g/mol. The minimum Gasteiger partial charge on any atom is -0.315 e. The highest BCUT2D eigenvalue weighted by Crippen LogP contribution is 2.34. The molecule has 2 fully saturated rings. The summed E-state index contributed by atoms with van der Waals surface area (Å²) in [5.41, 5.74) is 0.950. The first kappa shape index (κ1) is 17.2. The molecule has 2 unspecified atom stereocenters. The van der Waals surface area contributed by atoms with Crippen LogP contribution >= 0.6 is 28.3 Å². The maximum atomic E-state index is 12.9. The Kier molecular flexibility index (Phi) is 5.36. The number of sulfonamides is 1. The molecule has 2 saturated heterocycles. The number of nitrogens with zero attached hydrogens (tertiary/aromatic N) is 1. The molecule has 2 atom stereocenters. The molecule has 0 spiro atoms. The molecule has 1 aromatic carbocycles. The molecule has 1 N–H and O–H groups in total. The van der Waals surface area contributed by atoms with Gasteiger partial charge in [0.2, 0.25) is 10.0 Å². The number of aryl methyl sites for hydroxylation is 1. The van der Waals surface area contributed by atoms with Crippen molar-refractivity contribution in [1.82, 2.24) is 9.62 Å². The Hall–Kier alpha value is -0.140. The molecule has 0 aliphatic carbocycles. The van der Waals surface area contributed by atoms with Gasteiger partial charge < -0.3 is 5.32 Å². The van der Waals surface area contributed by atoms with Crippen LogP contribution < -0.4 is 5.32 Å². The van der Waals surface area contributed by atoms with E-state index in [1.54, 1.807) is 16.4 Å². The van der Waals surface area contributed by atoms with Gasteiger partial charge in [0.25, 0.3) is 0 Å². The highest BCUT2D eigenvalue weighted by atomic mass is 79.9. The molecular weight excluding hydrogens is 376 g/mol. The number of fused-ring (bicyclic) bond motifs is 2. The monoisotopic (exact) mass is 394 g/mol. The highest BCUT2D eigenvalue weighted by Gasteiger charge is 2.42. The summed E-state index contributed by atoms with van der Waals surface area (Å²) in [6.45, 7) is 3.60. The Morgan fingerprint density at radius 2 is 1.95 bits per heavy atom. The van der Waals surface area contributed by atoms with Crippen LogP contribution in [0.5, 0.6) is 0 Å². The van der Waals surface area contributed by atoms with Crippen molar-refractivity contribution in [3.8, 4) is 0 Å². The number of hydrogen-bond acceptors (Lipinski definition) is 3. The van der Waals surface area contributed by atoms with E-state index in [4.69, 9.17) is 0 Å². The SMILES string of the molecule is Cc1cc(S(=O)(=O)N2C3CCNCC2CC3)ccc1Br.Cl. The lowest BCUT2D eigenvalue weighted by Gasteiger charge is -2.27. The van der Waals surface area contributed by atoms with Crippen LogP contribution in [0, 0.1) is 6.92 Å². The van der Waals surface area contributed by atoms with E-state index in [0.717, 1.165) is 42.4 Å². The fraction of sp³-hybridized carbons (Fsp3) is 0.571. The second-order valence-electron chi connectivity index (χ2n) is 5.62. The summed E-state index contributed by atoms with van der Waals surface area (Å²) in [6.07, 6.45) is 2.86. The summed E-state index contributed by atoms with van der Waals surface area (Å²) < 4.78 is 28.6. The third-order valence-electron chi connectivity index (χ3n) is 4.29. The van der Waals surface area contributed by atoms with Gasteiger partial charge in [0.15, 0.2) is 0 Å². The van der Waals surface area contributed by atoms with Crippen LogP contribution in [0.25, 0.3) is 0 Å². The van der Waals surface area contributed by atoms with Crippen molar-refractivity contribution >= 4 is 38.4 Å². The van der Waals surface area contributed by atoms with Crippen LogP contribution in [0.4, 0.5) is 0 Å². The van der Waals surface area contributed by atoms with Gasteiger partial charge in [0, 0.05) is 23.1 Å². The second kappa shape index (κ2) is 6.54. The number of nitrogens with one attached hydrogen (secondary N) is 1. The molecule has 118 valence electrons. The lowest BCUT2D eigenvalue weighted by atomic mass is 10.1. The van der Waals surface area contributed by atoms with Crippen LogP contribution in [-0.4, -0.2) is 37.9 Å². The zero-order valence-electron chi connectivity index (χ0n) is 11.9. The second-order valence-corrected chi connectivity index (χ2v) is 8.32. The Balaban J connectivity index is 0.00000161. The van der Waals surface area contributed by atoms with Crippen LogP contribution in [0.3, 0.4) is 0 Å². The molecule has 7 heteroatoms. The van der Waals surface area contributed by atoms with Crippen LogP contribution in [0.15, 0.2) is 27.6 Å². The fourth-order valence-electron chi connectivity index (χ4n) is 3.23. The number of halogens is 2. The maximum absolute atomic E-state index is 12.9. The molecule has 3 rings (SSSR count). The standard InChI is InChI=1S/C14H19BrN2O2S.ClH/c1-10-8-13(4-5-14(10)15)20(18,19)17-11-2-3-12(17)9-16-7-6-11;/h4-5,8,11-12,16H,2-3,6-7,9H2,1H3;1H. The molecule has 0 radical (unpaired) electrons. The van der Waals surface area contributed by atoms with Crippen molar-refractivity contribution in [3.05, 3.63) is 28.2 Å². The van der Waals surface area contributed by atoms with E-state index in [1.165, 1.54) is 0 Å². The highest BCUT2D eigenvalue weighted by molar-refractivity contribution is 9.10. The Labute approximate surface area is 140 Å². The third-order valence-corrected chi connectivity index (χ3v) is 7.18. The van der Waals surface area contributed by atoms with E-state index in [1.807, 2.05) is 13.0 Å². The molecule has 0 saturated carbocycles. The van der Waals surface area contributed by atoms with Crippen molar-refractivity contribution in [1.29, 1.82) is 0 Å². The average Bonchev–Trinajstić information content (AvgIpc) is 2.66. The van der Waals surface area contributed by atoms with Gasteiger partial charge in [0.05, 0.1) is 4.90 Å². The van der Waals surface area contributed by atoms with Crippen molar-refractivity contribution in [2.75, 3.05) is 13.1 Å². The molecule has 2 bridgehead atoms. The first-order chi connectivity index (χ1) is 9.50. The topological polar surface area (TPSA) is 49.4 Å². The van der Waals surface area contributed by atoms with Crippen molar-refractivity contribution in [2.24, 2.45) is 0 Å². The number of hydrogen-bond donors (Lipinski definition) is 1. The summed E-state index contributed by atoms with van der Waals surface area (Å²) in [5.74, 6) is 0. The van der Waals surface area contributed by atoms with Gasteiger partial charge in [-0.3, -0.25) is 0 Å². The zero-order valence-corrected chi connectivity index (χ0v) is 15.1. The van der Waals surface area contributed by atoms with Gasteiger partial charge in [-0.2, -0.15) is 4.31 Å². The Bertz CT molecular complexity index is 609. The summed E-state index contributed by atoms with van der Waals surface area (Å²) in [6, 6.07) is 5.54. The normalized spacial score (nSPS) is 26.2. The molecule has 2 aliphatic rings. The summed E-state index contributed by atoms with van der Waals surface area (Å²) in [5, 5.41) is 3.34. The fourth-order valence-corrected chi connectivity index (χ4v) is 5.46. The quantitative estimate of drug-likeness (QED) is 0.837.